The van der Waals surface area contributed by atoms with Crippen LogP contribution < -0.4 is 0 Å². The van der Waals surface area contributed by atoms with Gasteiger partial charge in [-0.2, -0.15) is 0 Å². The molecule has 0 saturated carbocycles. The van der Waals surface area contributed by atoms with Crippen molar-refractivity contribution in [2.24, 2.45) is 0 Å². The molecular formula is C17H18N2O3S. The Labute approximate surface area is 138 Å². The van der Waals surface area contributed by atoms with Gasteiger partial charge in [0, 0.05) is 6.54 Å². The van der Waals surface area contributed by atoms with Gasteiger partial charge in [0.2, 0.25) is 0 Å². The van der Waals surface area contributed by atoms with E-state index in [-0.39, 0.29) is 5.91 Å². The molecule has 3 rings (SSSR count). The van der Waals surface area contributed by atoms with Gasteiger partial charge >= 0.3 is 5.97 Å². The van der Waals surface area contributed by atoms with Gasteiger partial charge in [0.25, 0.3) is 5.91 Å². The molecule has 120 valence electrons. The predicted octanol–water partition coefficient (Wildman–Crippen LogP) is 2.92. The van der Waals surface area contributed by atoms with Gasteiger partial charge in [-0.15, -0.1) is 11.3 Å². The Kier molecular flexibility index (Phi) is 4.43. The summed E-state index contributed by atoms with van der Waals surface area (Å²) in [5.41, 5.74) is 1.71. The van der Waals surface area contributed by atoms with Gasteiger partial charge in [0.15, 0.2) is 6.04 Å². The molecule has 1 aromatic heterocycles. The molecule has 6 heteroatoms. The van der Waals surface area contributed by atoms with Crippen LogP contribution in [0, 0.1) is 0 Å². The van der Waals surface area contributed by atoms with E-state index in [4.69, 9.17) is 0 Å². The number of rotatable bonds is 4. The van der Waals surface area contributed by atoms with Crippen molar-refractivity contribution in [1.82, 2.24) is 9.88 Å². The molecule has 0 bridgehead atoms. The third-order valence-electron chi connectivity index (χ3n) is 4.01. The quantitative estimate of drug-likeness (QED) is 0.936. The van der Waals surface area contributed by atoms with E-state index >= 15 is 0 Å². The molecule has 5 nitrogen and oxygen atoms in total. The van der Waals surface area contributed by atoms with Crippen molar-refractivity contribution in [3.05, 3.63) is 51.5 Å². The summed E-state index contributed by atoms with van der Waals surface area (Å²) in [4.78, 5) is 30.8. The van der Waals surface area contributed by atoms with Crippen LogP contribution in [0.25, 0.3) is 0 Å². The zero-order chi connectivity index (χ0) is 16.4. The van der Waals surface area contributed by atoms with Crippen LogP contribution in [-0.2, 0) is 17.6 Å². The molecule has 1 atom stereocenters. The Hall–Kier alpha value is -2.21. The first-order valence-electron chi connectivity index (χ1n) is 7.68. The van der Waals surface area contributed by atoms with Gasteiger partial charge in [-0.25, -0.2) is 9.78 Å². The van der Waals surface area contributed by atoms with E-state index in [0.717, 1.165) is 23.4 Å². The first kappa shape index (κ1) is 15.7. The largest absolute Gasteiger partial charge is 0.479 e. The minimum Gasteiger partial charge on any atom is -0.479 e. The highest BCUT2D eigenvalue weighted by Crippen LogP contribution is 2.32. The maximum Gasteiger partial charge on any atom is 0.331 e. The SMILES string of the molecule is CCCc1ncc(C(=O)N2CCc3ccccc3C2C(=O)O)s1. The number of hydrogen-bond donors (Lipinski definition) is 1. The molecule has 2 heterocycles. The second-order valence-electron chi connectivity index (χ2n) is 5.56. The number of benzene rings is 1. The van der Waals surface area contributed by atoms with Gasteiger partial charge in [0.05, 0.1) is 11.2 Å². The number of carboxylic acid groups (broad SMARTS) is 1. The van der Waals surface area contributed by atoms with Gasteiger partial charge in [0.1, 0.15) is 4.88 Å². The van der Waals surface area contributed by atoms with Crippen LogP contribution in [0.1, 0.15) is 45.2 Å². The Bertz CT molecular complexity index is 741. The van der Waals surface area contributed by atoms with Crippen LogP contribution in [0.2, 0.25) is 0 Å². The summed E-state index contributed by atoms with van der Waals surface area (Å²) in [6.45, 7) is 2.47. The molecular weight excluding hydrogens is 312 g/mol. The molecule has 0 radical (unpaired) electrons. The van der Waals surface area contributed by atoms with Crippen molar-refractivity contribution in [2.45, 2.75) is 32.2 Å². The number of thiazole rings is 1. The van der Waals surface area contributed by atoms with E-state index in [1.165, 1.54) is 16.2 Å². The molecule has 1 aromatic carbocycles. The minimum absolute atomic E-state index is 0.244. The summed E-state index contributed by atoms with van der Waals surface area (Å²) < 4.78 is 0. The summed E-state index contributed by atoms with van der Waals surface area (Å²) in [7, 11) is 0. The number of aryl methyl sites for hydroxylation is 1. The maximum atomic E-state index is 12.8. The maximum absolute atomic E-state index is 12.8. The van der Waals surface area contributed by atoms with Gasteiger partial charge < -0.3 is 10.0 Å². The monoisotopic (exact) mass is 330 g/mol. The number of hydrogen-bond acceptors (Lipinski definition) is 4. The zero-order valence-electron chi connectivity index (χ0n) is 12.9. The van der Waals surface area contributed by atoms with Crippen LogP contribution >= 0.6 is 11.3 Å². The molecule has 0 spiro atoms. The topological polar surface area (TPSA) is 70.5 Å². The van der Waals surface area contributed by atoms with E-state index in [0.29, 0.717) is 23.4 Å². The highest BCUT2D eigenvalue weighted by atomic mass is 32.1. The molecule has 1 unspecified atom stereocenters. The number of carbonyl (C=O) groups excluding carboxylic acids is 1. The zero-order valence-corrected chi connectivity index (χ0v) is 13.7. The smallest absolute Gasteiger partial charge is 0.331 e. The van der Waals surface area contributed by atoms with Crippen LogP contribution in [0.5, 0.6) is 0 Å². The third-order valence-corrected chi connectivity index (χ3v) is 5.05. The van der Waals surface area contributed by atoms with E-state index in [1.807, 2.05) is 18.2 Å². The lowest BCUT2D eigenvalue weighted by atomic mass is 9.92. The average Bonchev–Trinajstić information content (AvgIpc) is 3.02. The van der Waals surface area contributed by atoms with Crippen molar-refractivity contribution in [3.63, 3.8) is 0 Å². The lowest BCUT2D eigenvalue weighted by Gasteiger charge is -2.34. The molecule has 2 aromatic rings. The van der Waals surface area contributed by atoms with Crippen LogP contribution in [0.4, 0.5) is 0 Å². The highest BCUT2D eigenvalue weighted by Gasteiger charge is 2.36. The summed E-state index contributed by atoms with van der Waals surface area (Å²) in [5, 5.41) is 10.6. The first-order chi connectivity index (χ1) is 11.1. The molecule has 0 saturated heterocycles. The Morgan fingerprint density at radius 3 is 2.91 bits per heavy atom. The fourth-order valence-electron chi connectivity index (χ4n) is 2.93. The van der Waals surface area contributed by atoms with Crippen LogP contribution in [0.3, 0.4) is 0 Å². The normalized spacial score (nSPS) is 16.9. The van der Waals surface area contributed by atoms with Crippen molar-refractivity contribution >= 4 is 23.2 Å². The van der Waals surface area contributed by atoms with E-state index < -0.39 is 12.0 Å². The second kappa shape index (κ2) is 6.50. The fraction of sp³-hybridized carbons (Fsp3) is 0.353. The van der Waals surface area contributed by atoms with E-state index in [1.54, 1.807) is 12.3 Å². The van der Waals surface area contributed by atoms with Gasteiger partial charge in [-0.3, -0.25) is 4.79 Å². The Morgan fingerprint density at radius 2 is 2.17 bits per heavy atom. The van der Waals surface area contributed by atoms with Crippen LogP contribution in [-0.4, -0.2) is 33.4 Å². The standard InChI is InChI=1S/C17H18N2O3S/c1-2-5-14-18-10-13(23-14)16(20)19-9-8-11-6-3-4-7-12(11)15(19)17(21)22/h3-4,6-7,10,15H,2,5,8-9H2,1H3,(H,21,22). The number of aliphatic carboxylic acids is 1. The third kappa shape index (κ3) is 2.99. The first-order valence-corrected chi connectivity index (χ1v) is 8.49. The summed E-state index contributed by atoms with van der Waals surface area (Å²) >= 11 is 1.36. The molecule has 1 amide bonds. The highest BCUT2D eigenvalue weighted by molar-refractivity contribution is 7.13. The fourth-order valence-corrected chi connectivity index (χ4v) is 3.91. The molecule has 0 aliphatic carbocycles. The van der Waals surface area contributed by atoms with Crippen molar-refractivity contribution in [3.8, 4) is 0 Å². The minimum atomic E-state index is -0.996. The Balaban J connectivity index is 1.92. The molecule has 23 heavy (non-hydrogen) atoms. The summed E-state index contributed by atoms with van der Waals surface area (Å²) in [5.74, 6) is -1.24. The average molecular weight is 330 g/mol. The molecule has 1 aliphatic heterocycles. The summed E-state index contributed by atoms with van der Waals surface area (Å²) in [6, 6.07) is 6.51. The molecule has 0 fully saturated rings. The molecule has 1 N–H and O–H groups in total. The summed E-state index contributed by atoms with van der Waals surface area (Å²) in [6.07, 6.45) is 4.04. The van der Waals surface area contributed by atoms with Crippen molar-refractivity contribution < 1.29 is 14.7 Å². The lowest BCUT2D eigenvalue weighted by molar-refractivity contribution is -0.143. The number of aromatic nitrogens is 1. The lowest BCUT2D eigenvalue weighted by Crippen LogP contribution is -2.43. The van der Waals surface area contributed by atoms with E-state index in [2.05, 4.69) is 11.9 Å². The number of nitrogens with zero attached hydrogens (tertiary/aromatic N) is 2. The van der Waals surface area contributed by atoms with Crippen molar-refractivity contribution in [1.29, 1.82) is 0 Å². The van der Waals surface area contributed by atoms with Crippen LogP contribution in [0.15, 0.2) is 30.5 Å². The number of fused-ring (bicyclic) bond motifs is 1. The number of amides is 1. The van der Waals surface area contributed by atoms with Gasteiger partial charge in [-0.1, -0.05) is 31.2 Å². The number of carbonyl (C=O) groups is 2. The predicted molar refractivity (Wildman–Crippen MR) is 87.7 cm³/mol. The second-order valence-corrected chi connectivity index (χ2v) is 6.67. The Morgan fingerprint density at radius 1 is 1.39 bits per heavy atom. The number of carboxylic acids is 1. The molecule has 1 aliphatic rings. The van der Waals surface area contributed by atoms with E-state index in [9.17, 15) is 14.7 Å². The van der Waals surface area contributed by atoms with Gasteiger partial charge in [-0.05, 0) is 30.4 Å². The van der Waals surface area contributed by atoms with Crippen molar-refractivity contribution in [2.75, 3.05) is 6.54 Å².